The van der Waals surface area contributed by atoms with Crippen LogP contribution in [0.25, 0.3) is 10.2 Å². The number of aromatic nitrogens is 2. The van der Waals surface area contributed by atoms with Gasteiger partial charge in [-0.1, -0.05) is 6.92 Å². The zero-order valence-corrected chi connectivity index (χ0v) is 14.0. The standard InChI is InChI=1S/C15H22N4O2S/c1-4-5-16-6-7-17-12(20)8-19-9-18-14-13(15(19)21)10(2)11(3)22-14/h9,16H,4-8H2,1-3H3,(H,17,20). The van der Waals surface area contributed by atoms with Crippen LogP contribution in [0.1, 0.15) is 23.8 Å². The highest BCUT2D eigenvalue weighted by atomic mass is 32.1. The molecule has 0 saturated heterocycles. The number of amides is 1. The SMILES string of the molecule is CCCNCCNC(=O)Cn1cnc2sc(C)c(C)c2c1=O. The predicted molar refractivity (Wildman–Crippen MR) is 89.5 cm³/mol. The van der Waals surface area contributed by atoms with Crippen molar-refractivity contribution in [3.63, 3.8) is 0 Å². The van der Waals surface area contributed by atoms with E-state index in [1.165, 1.54) is 22.2 Å². The van der Waals surface area contributed by atoms with Crippen LogP contribution in [0.15, 0.2) is 11.1 Å². The fourth-order valence-electron chi connectivity index (χ4n) is 2.19. The van der Waals surface area contributed by atoms with Crippen LogP contribution >= 0.6 is 11.3 Å². The summed E-state index contributed by atoms with van der Waals surface area (Å²) in [4.78, 5) is 30.5. The number of nitrogens with one attached hydrogen (secondary N) is 2. The highest BCUT2D eigenvalue weighted by molar-refractivity contribution is 7.18. The molecule has 2 rings (SSSR count). The first kappa shape index (κ1) is 16.6. The molecule has 22 heavy (non-hydrogen) atoms. The van der Waals surface area contributed by atoms with E-state index < -0.39 is 0 Å². The van der Waals surface area contributed by atoms with E-state index in [0.717, 1.165) is 34.8 Å². The van der Waals surface area contributed by atoms with Crippen molar-refractivity contribution in [3.05, 3.63) is 27.1 Å². The number of hydrogen-bond donors (Lipinski definition) is 2. The van der Waals surface area contributed by atoms with Gasteiger partial charge >= 0.3 is 0 Å². The summed E-state index contributed by atoms with van der Waals surface area (Å²) in [6.07, 6.45) is 2.52. The zero-order valence-electron chi connectivity index (χ0n) is 13.2. The van der Waals surface area contributed by atoms with Gasteiger partial charge in [-0.2, -0.15) is 0 Å². The summed E-state index contributed by atoms with van der Waals surface area (Å²) >= 11 is 1.51. The molecule has 0 atom stereocenters. The number of rotatable bonds is 7. The normalized spacial score (nSPS) is 11.0. The highest BCUT2D eigenvalue weighted by Crippen LogP contribution is 2.25. The molecule has 1 amide bonds. The maximum Gasteiger partial charge on any atom is 0.262 e. The lowest BCUT2D eigenvalue weighted by Crippen LogP contribution is -2.36. The van der Waals surface area contributed by atoms with Gasteiger partial charge in [0.25, 0.3) is 5.56 Å². The van der Waals surface area contributed by atoms with Gasteiger partial charge < -0.3 is 10.6 Å². The van der Waals surface area contributed by atoms with Crippen LogP contribution in [0, 0.1) is 13.8 Å². The average molecular weight is 322 g/mol. The van der Waals surface area contributed by atoms with Crippen molar-refractivity contribution in [1.82, 2.24) is 20.2 Å². The van der Waals surface area contributed by atoms with E-state index >= 15 is 0 Å². The molecule has 0 spiro atoms. The molecule has 0 unspecified atom stereocenters. The van der Waals surface area contributed by atoms with Gasteiger partial charge in [0.1, 0.15) is 11.4 Å². The summed E-state index contributed by atoms with van der Waals surface area (Å²) in [5.41, 5.74) is 0.808. The molecule has 2 N–H and O–H groups in total. The minimum Gasteiger partial charge on any atom is -0.353 e. The maximum absolute atomic E-state index is 12.5. The lowest BCUT2D eigenvalue weighted by molar-refractivity contribution is -0.121. The van der Waals surface area contributed by atoms with E-state index in [1.54, 1.807) is 0 Å². The lowest BCUT2D eigenvalue weighted by Gasteiger charge is -2.08. The molecule has 0 aromatic carbocycles. The van der Waals surface area contributed by atoms with Crippen molar-refractivity contribution < 1.29 is 4.79 Å². The fraction of sp³-hybridized carbons (Fsp3) is 0.533. The fourth-order valence-corrected chi connectivity index (χ4v) is 3.17. The van der Waals surface area contributed by atoms with E-state index in [4.69, 9.17) is 0 Å². The Kier molecular flexibility index (Phi) is 5.68. The minimum atomic E-state index is -0.175. The Morgan fingerprint density at radius 1 is 1.32 bits per heavy atom. The van der Waals surface area contributed by atoms with Gasteiger partial charge in [-0.15, -0.1) is 11.3 Å². The Hall–Kier alpha value is -1.73. The van der Waals surface area contributed by atoms with Crippen molar-refractivity contribution in [2.45, 2.75) is 33.7 Å². The molecule has 0 fully saturated rings. The molecule has 2 aromatic heterocycles. The van der Waals surface area contributed by atoms with Crippen LogP contribution in [0.5, 0.6) is 0 Å². The second-order valence-electron chi connectivity index (χ2n) is 5.24. The summed E-state index contributed by atoms with van der Waals surface area (Å²) in [5, 5.41) is 6.63. The van der Waals surface area contributed by atoms with Gasteiger partial charge in [0.15, 0.2) is 0 Å². The van der Waals surface area contributed by atoms with E-state index in [0.29, 0.717) is 11.9 Å². The van der Waals surface area contributed by atoms with Crippen LogP contribution in [0.3, 0.4) is 0 Å². The molecule has 0 bridgehead atoms. The van der Waals surface area contributed by atoms with Gasteiger partial charge in [0, 0.05) is 18.0 Å². The molecular formula is C15H22N4O2S. The number of aryl methyl sites for hydroxylation is 2. The minimum absolute atomic E-state index is 0.00385. The van der Waals surface area contributed by atoms with E-state index in [9.17, 15) is 9.59 Å². The molecule has 2 aromatic rings. The van der Waals surface area contributed by atoms with Crippen LogP contribution < -0.4 is 16.2 Å². The lowest BCUT2D eigenvalue weighted by atomic mass is 10.2. The molecule has 0 aliphatic rings. The van der Waals surface area contributed by atoms with Crippen LogP contribution in [0.2, 0.25) is 0 Å². The Morgan fingerprint density at radius 3 is 2.82 bits per heavy atom. The van der Waals surface area contributed by atoms with Crippen LogP contribution in [-0.4, -0.2) is 35.1 Å². The Morgan fingerprint density at radius 2 is 2.09 bits per heavy atom. The van der Waals surface area contributed by atoms with E-state index in [2.05, 4.69) is 22.5 Å². The highest BCUT2D eigenvalue weighted by Gasteiger charge is 2.13. The monoisotopic (exact) mass is 322 g/mol. The molecule has 2 heterocycles. The molecular weight excluding hydrogens is 300 g/mol. The molecule has 6 nitrogen and oxygen atoms in total. The number of thiophene rings is 1. The molecule has 0 aliphatic carbocycles. The van der Waals surface area contributed by atoms with E-state index in [-0.39, 0.29) is 18.0 Å². The maximum atomic E-state index is 12.5. The largest absolute Gasteiger partial charge is 0.353 e. The van der Waals surface area contributed by atoms with Crippen molar-refractivity contribution in [3.8, 4) is 0 Å². The smallest absolute Gasteiger partial charge is 0.262 e. The predicted octanol–water partition coefficient (Wildman–Crippen LogP) is 1.19. The third kappa shape index (κ3) is 3.72. The number of hydrogen-bond acceptors (Lipinski definition) is 5. The molecule has 0 radical (unpaired) electrons. The van der Waals surface area contributed by atoms with Crippen molar-refractivity contribution in [2.24, 2.45) is 0 Å². The second-order valence-corrected chi connectivity index (χ2v) is 6.44. The van der Waals surface area contributed by atoms with Crippen molar-refractivity contribution in [2.75, 3.05) is 19.6 Å². The number of carbonyl (C=O) groups is 1. The second kappa shape index (κ2) is 7.51. The Balaban J connectivity index is 2.02. The van der Waals surface area contributed by atoms with Gasteiger partial charge in [0.05, 0.1) is 11.7 Å². The first-order valence-corrected chi connectivity index (χ1v) is 8.28. The van der Waals surface area contributed by atoms with Crippen LogP contribution in [-0.2, 0) is 11.3 Å². The quantitative estimate of drug-likeness (QED) is 0.751. The van der Waals surface area contributed by atoms with Crippen molar-refractivity contribution in [1.29, 1.82) is 0 Å². The molecule has 0 saturated carbocycles. The van der Waals surface area contributed by atoms with E-state index in [1.807, 2.05) is 13.8 Å². The topological polar surface area (TPSA) is 76.0 Å². The first-order valence-electron chi connectivity index (χ1n) is 7.47. The Bertz CT molecular complexity index is 720. The summed E-state index contributed by atoms with van der Waals surface area (Å²) in [7, 11) is 0. The molecule has 120 valence electrons. The summed E-state index contributed by atoms with van der Waals surface area (Å²) in [6.45, 7) is 8.21. The van der Waals surface area contributed by atoms with Gasteiger partial charge in [-0.05, 0) is 32.4 Å². The Labute approximate surface area is 133 Å². The summed E-state index contributed by atoms with van der Waals surface area (Å²) < 4.78 is 1.37. The average Bonchev–Trinajstić information content (AvgIpc) is 2.78. The third-order valence-electron chi connectivity index (χ3n) is 3.52. The zero-order chi connectivity index (χ0) is 16.1. The molecule has 0 aliphatic heterocycles. The van der Waals surface area contributed by atoms with Crippen LogP contribution in [0.4, 0.5) is 0 Å². The number of nitrogens with zero attached hydrogens (tertiary/aromatic N) is 2. The summed E-state index contributed by atoms with van der Waals surface area (Å²) in [5.74, 6) is -0.175. The van der Waals surface area contributed by atoms with Gasteiger partial charge in [0.2, 0.25) is 5.91 Å². The number of carbonyl (C=O) groups excluding carboxylic acids is 1. The number of fused-ring (bicyclic) bond motifs is 1. The van der Waals surface area contributed by atoms with Crippen molar-refractivity contribution >= 4 is 27.5 Å². The third-order valence-corrected chi connectivity index (χ3v) is 4.64. The van der Waals surface area contributed by atoms with Gasteiger partial charge in [-0.25, -0.2) is 4.98 Å². The summed E-state index contributed by atoms with van der Waals surface area (Å²) in [6, 6.07) is 0. The molecule has 7 heteroatoms. The van der Waals surface area contributed by atoms with Gasteiger partial charge in [-0.3, -0.25) is 14.2 Å². The first-order chi connectivity index (χ1) is 10.5.